The summed E-state index contributed by atoms with van der Waals surface area (Å²) >= 11 is 0. The Labute approximate surface area is 163 Å². The van der Waals surface area contributed by atoms with E-state index in [9.17, 15) is 0 Å². The highest BCUT2D eigenvalue weighted by molar-refractivity contribution is 6.09. The van der Waals surface area contributed by atoms with Crippen molar-refractivity contribution in [2.24, 2.45) is 0 Å². The molecule has 3 aromatic carbocycles. The lowest BCUT2D eigenvalue weighted by atomic mass is 9.86. The molecule has 0 atom stereocenters. The molecule has 0 N–H and O–H groups in total. The molecule has 1 heteroatoms. The summed E-state index contributed by atoms with van der Waals surface area (Å²) in [5, 5.41) is 5.77. The lowest BCUT2D eigenvalue weighted by Gasteiger charge is -2.31. The molecule has 1 fully saturated rings. The Kier molecular flexibility index (Phi) is 4.65. The van der Waals surface area contributed by atoms with Gasteiger partial charge in [0.15, 0.2) is 0 Å². The summed E-state index contributed by atoms with van der Waals surface area (Å²) in [6, 6.07) is 17.4. The fraction of sp³-hybridized carbons (Fsp3) is 0.462. The van der Waals surface area contributed by atoms with Crippen LogP contribution in [0, 0.1) is 0 Å². The van der Waals surface area contributed by atoms with Gasteiger partial charge >= 0.3 is 0 Å². The van der Waals surface area contributed by atoms with Gasteiger partial charge in [0.1, 0.15) is 0 Å². The first-order valence-electron chi connectivity index (χ1n) is 11.0. The second-order valence-electron chi connectivity index (χ2n) is 8.83. The number of rotatable bonds is 3. The van der Waals surface area contributed by atoms with Crippen LogP contribution < -0.4 is 0 Å². The fourth-order valence-corrected chi connectivity index (χ4v) is 5.47. The molecule has 2 aliphatic rings. The molecule has 27 heavy (non-hydrogen) atoms. The number of fused-ring (bicyclic) bond motifs is 5. The highest BCUT2D eigenvalue weighted by atomic mass is 15.1. The molecule has 1 nitrogen and oxygen atoms in total. The number of nitrogens with zero attached hydrogens (tertiary/aromatic N) is 1. The van der Waals surface area contributed by atoms with Gasteiger partial charge < -0.3 is 0 Å². The summed E-state index contributed by atoms with van der Waals surface area (Å²) < 4.78 is 0. The first-order valence-corrected chi connectivity index (χ1v) is 11.0. The van der Waals surface area contributed by atoms with Crippen LogP contribution in [0.15, 0.2) is 42.5 Å². The molecule has 5 rings (SSSR count). The van der Waals surface area contributed by atoms with Gasteiger partial charge in [0.05, 0.1) is 0 Å². The molecule has 140 valence electrons. The summed E-state index contributed by atoms with van der Waals surface area (Å²) in [6.45, 7) is 1.07. The van der Waals surface area contributed by atoms with Crippen molar-refractivity contribution >= 4 is 21.5 Å². The van der Waals surface area contributed by atoms with Crippen molar-refractivity contribution in [3.63, 3.8) is 0 Å². The van der Waals surface area contributed by atoms with E-state index in [0.717, 1.165) is 12.6 Å². The van der Waals surface area contributed by atoms with Crippen LogP contribution in [0.1, 0.15) is 61.6 Å². The topological polar surface area (TPSA) is 3.24 Å². The molecule has 1 saturated carbocycles. The van der Waals surface area contributed by atoms with Crippen molar-refractivity contribution in [1.29, 1.82) is 0 Å². The minimum atomic E-state index is 0.772. The highest BCUT2D eigenvalue weighted by Crippen LogP contribution is 2.34. The standard InChI is InChI=1S/C26H31N/c1-27(22-8-3-2-4-9-22)18-19-11-12-21-14-15-24-23-10-6-5-7-20(23)13-16-25(24)26(21)17-19/h11-17,22H,2-10,18H2,1H3. The fourth-order valence-electron chi connectivity index (χ4n) is 5.47. The van der Waals surface area contributed by atoms with Crippen LogP contribution in [-0.4, -0.2) is 18.0 Å². The van der Waals surface area contributed by atoms with Crippen LogP contribution in [-0.2, 0) is 19.4 Å². The number of hydrogen-bond donors (Lipinski definition) is 0. The molecule has 0 aromatic heterocycles. The van der Waals surface area contributed by atoms with Gasteiger partial charge in [-0.1, -0.05) is 55.7 Å². The van der Waals surface area contributed by atoms with Gasteiger partial charge in [-0.15, -0.1) is 0 Å². The largest absolute Gasteiger partial charge is 0.299 e. The van der Waals surface area contributed by atoms with Gasteiger partial charge in [-0.3, -0.25) is 4.90 Å². The molecule has 0 heterocycles. The third-order valence-corrected chi connectivity index (χ3v) is 7.04. The maximum absolute atomic E-state index is 2.59. The van der Waals surface area contributed by atoms with Gasteiger partial charge in [-0.25, -0.2) is 0 Å². The molecule has 2 aliphatic carbocycles. The van der Waals surface area contributed by atoms with Gasteiger partial charge in [0.2, 0.25) is 0 Å². The van der Waals surface area contributed by atoms with Gasteiger partial charge in [-0.2, -0.15) is 0 Å². The number of aryl methyl sites for hydroxylation is 2. The minimum absolute atomic E-state index is 0.772. The zero-order chi connectivity index (χ0) is 18.2. The van der Waals surface area contributed by atoms with Crippen LogP contribution in [0.2, 0.25) is 0 Å². The minimum Gasteiger partial charge on any atom is -0.299 e. The number of hydrogen-bond acceptors (Lipinski definition) is 1. The Morgan fingerprint density at radius 3 is 2.44 bits per heavy atom. The van der Waals surface area contributed by atoms with Crippen LogP contribution in [0.5, 0.6) is 0 Å². The van der Waals surface area contributed by atoms with E-state index >= 15 is 0 Å². The summed E-state index contributed by atoms with van der Waals surface area (Å²) in [6.07, 6.45) is 12.2. The Hall–Kier alpha value is -1.86. The van der Waals surface area contributed by atoms with Crippen molar-refractivity contribution in [2.45, 2.75) is 70.4 Å². The predicted octanol–water partition coefficient (Wildman–Crippen LogP) is 6.64. The summed E-state index contributed by atoms with van der Waals surface area (Å²) in [4.78, 5) is 2.59. The molecule has 0 amide bonds. The van der Waals surface area contributed by atoms with Crippen LogP contribution in [0.4, 0.5) is 0 Å². The van der Waals surface area contributed by atoms with Crippen LogP contribution >= 0.6 is 0 Å². The van der Waals surface area contributed by atoms with E-state index in [0.29, 0.717) is 0 Å². The van der Waals surface area contributed by atoms with Gasteiger partial charge in [0.25, 0.3) is 0 Å². The van der Waals surface area contributed by atoms with E-state index in [1.807, 2.05) is 0 Å². The van der Waals surface area contributed by atoms with Crippen LogP contribution in [0.25, 0.3) is 21.5 Å². The number of benzene rings is 3. The molecule has 0 spiro atoms. The van der Waals surface area contributed by atoms with Crippen molar-refractivity contribution in [1.82, 2.24) is 4.90 Å². The molecule has 0 saturated heterocycles. The third kappa shape index (κ3) is 3.27. The first kappa shape index (κ1) is 17.3. The van der Waals surface area contributed by atoms with E-state index in [1.165, 1.54) is 84.9 Å². The average molecular weight is 358 g/mol. The van der Waals surface area contributed by atoms with Gasteiger partial charge in [0, 0.05) is 12.6 Å². The highest BCUT2D eigenvalue weighted by Gasteiger charge is 2.18. The van der Waals surface area contributed by atoms with E-state index in [1.54, 1.807) is 11.1 Å². The Morgan fingerprint density at radius 2 is 1.56 bits per heavy atom. The van der Waals surface area contributed by atoms with Crippen molar-refractivity contribution in [3.05, 3.63) is 59.2 Å². The maximum Gasteiger partial charge on any atom is 0.0233 e. The van der Waals surface area contributed by atoms with Crippen molar-refractivity contribution in [2.75, 3.05) is 7.05 Å². The quantitative estimate of drug-likeness (QED) is 0.475. The summed E-state index contributed by atoms with van der Waals surface area (Å²) in [5.74, 6) is 0. The van der Waals surface area contributed by atoms with E-state index in [4.69, 9.17) is 0 Å². The Bertz CT molecular complexity index is 965. The molecular formula is C26H31N. The average Bonchev–Trinajstić information content (AvgIpc) is 2.74. The van der Waals surface area contributed by atoms with Crippen molar-refractivity contribution < 1.29 is 0 Å². The third-order valence-electron chi connectivity index (χ3n) is 7.04. The molecular weight excluding hydrogens is 326 g/mol. The molecule has 3 aromatic rings. The lowest BCUT2D eigenvalue weighted by Crippen LogP contribution is -2.32. The summed E-state index contributed by atoms with van der Waals surface area (Å²) in [5.41, 5.74) is 4.66. The molecule has 0 aliphatic heterocycles. The lowest BCUT2D eigenvalue weighted by molar-refractivity contribution is 0.184. The second kappa shape index (κ2) is 7.28. The molecule has 0 unspecified atom stereocenters. The molecule has 0 radical (unpaired) electrons. The van der Waals surface area contributed by atoms with E-state index in [-0.39, 0.29) is 0 Å². The Morgan fingerprint density at radius 1 is 0.778 bits per heavy atom. The summed E-state index contributed by atoms with van der Waals surface area (Å²) in [7, 11) is 2.32. The zero-order valence-electron chi connectivity index (χ0n) is 16.6. The maximum atomic E-state index is 2.59. The monoisotopic (exact) mass is 357 g/mol. The van der Waals surface area contributed by atoms with Crippen LogP contribution in [0.3, 0.4) is 0 Å². The SMILES string of the molecule is CN(Cc1ccc2ccc3c4c(ccc3c2c1)CCCC4)C1CCCCC1. The first-order chi connectivity index (χ1) is 13.3. The van der Waals surface area contributed by atoms with E-state index in [2.05, 4.69) is 54.4 Å². The van der Waals surface area contributed by atoms with Gasteiger partial charge in [-0.05, 0) is 89.9 Å². The zero-order valence-corrected chi connectivity index (χ0v) is 16.6. The Balaban J connectivity index is 1.52. The normalized spacial score (nSPS) is 18.3. The second-order valence-corrected chi connectivity index (χ2v) is 8.83. The van der Waals surface area contributed by atoms with Crippen molar-refractivity contribution in [3.8, 4) is 0 Å². The smallest absolute Gasteiger partial charge is 0.0233 e. The predicted molar refractivity (Wildman–Crippen MR) is 116 cm³/mol. The molecule has 0 bridgehead atoms. The van der Waals surface area contributed by atoms with E-state index < -0.39 is 0 Å².